The van der Waals surface area contributed by atoms with Gasteiger partial charge in [0.05, 0.1) is 20.2 Å². The summed E-state index contributed by atoms with van der Waals surface area (Å²) in [7, 11) is 5.36. The van der Waals surface area contributed by atoms with Crippen molar-refractivity contribution in [3.8, 4) is 11.5 Å². The van der Waals surface area contributed by atoms with Crippen molar-refractivity contribution >= 4 is 11.6 Å². The number of hydrogen-bond donors (Lipinski definition) is 0. The van der Waals surface area contributed by atoms with E-state index in [2.05, 4.69) is 4.90 Å². The highest BCUT2D eigenvalue weighted by Gasteiger charge is 2.11. The molecule has 0 saturated heterocycles. The highest BCUT2D eigenvalue weighted by Crippen LogP contribution is 2.31. The molecule has 0 bridgehead atoms. The largest absolute Gasteiger partial charge is 0.496 e. The van der Waals surface area contributed by atoms with Gasteiger partial charge >= 0.3 is 0 Å². The third-order valence-electron chi connectivity index (χ3n) is 2.83. The van der Waals surface area contributed by atoms with Crippen LogP contribution in [0.25, 0.3) is 0 Å². The Morgan fingerprint density at radius 2 is 1.94 bits per heavy atom. The van der Waals surface area contributed by atoms with Crippen LogP contribution in [0.1, 0.15) is 11.1 Å². The van der Waals surface area contributed by atoms with Crippen molar-refractivity contribution in [2.45, 2.75) is 13.3 Å². The zero-order chi connectivity index (χ0) is 12.8. The Morgan fingerprint density at radius 3 is 2.47 bits per heavy atom. The van der Waals surface area contributed by atoms with E-state index in [1.807, 2.05) is 26.1 Å². The van der Waals surface area contributed by atoms with Gasteiger partial charge in [0.25, 0.3) is 0 Å². The summed E-state index contributed by atoms with van der Waals surface area (Å²) in [4.78, 5) is 2.06. The first kappa shape index (κ1) is 14.1. The standard InChI is InChI=1S/C13H20ClNO2/c1-10-12(16-3)6-5-11(13(10)17-4)7-8-15(2)9-14/h5-6H,7-9H2,1-4H3. The van der Waals surface area contributed by atoms with Gasteiger partial charge < -0.3 is 9.47 Å². The SMILES string of the molecule is COc1ccc(CCN(C)CCl)c(OC)c1C. The lowest BCUT2D eigenvalue weighted by molar-refractivity contribution is 0.372. The first-order chi connectivity index (χ1) is 8.13. The maximum Gasteiger partial charge on any atom is 0.128 e. The van der Waals surface area contributed by atoms with Crippen LogP contribution >= 0.6 is 11.6 Å². The monoisotopic (exact) mass is 257 g/mol. The van der Waals surface area contributed by atoms with E-state index in [4.69, 9.17) is 21.1 Å². The first-order valence-corrected chi connectivity index (χ1v) is 6.12. The van der Waals surface area contributed by atoms with Crippen LogP contribution in [0.15, 0.2) is 12.1 Å². The fraction of sp³-hybridized carbons (Fsp3) is 0.538. The van der Waals surface area contributed by atoms with Gasteiger partial charge in [-0.05, 0) is 32.0 Å². The molecule has 0 heterocycles. The van der Waals surface area contributed by atoms with Gasteiger partial charge in [-0.25, -0.2) is 0 Å². The maximum absolute atomic E-state index is 5.75. The Bertz CT molecular complexity index is 369. The van der Waals surface area contributed by atoms with E-state index >= 15 is 0 Å². The fourth-order valence-corrected chi connectivity index (χ4v) is 1.92. The van der Waals surface area contributed by atoms with Crippen LogP contribution in [0, 0.1) is 6.92 Å². The van der Waals surface area contributed by atoms with E-state index in [0.717, 1.165) is 30.0 Å². The normalized spacial score (nSPS) is 10.7. The number of methoxy groups -OCH3 is 2. The van der Waals surface area contributed by atoms with Gasteiger partial charge in [-0.15, -0.1) is 11.6 Å². The maximum atomic E-state index is 5.75. The summed E-state index contributed by atoms with van der Waals surface area (Å²) in [5.41, 5.74) is 2.23. The Hall–Kier alpha value is -0.930. The molecule has 0 aliphatic heterocycles. The summed E-state index contributed by atoms with van der Waals surface area (Å²) >= 11 is 5.75. The minimum Gasteiger partial charge on any atom is -0.496 e. The van der Waals surface area contributed by atoms with Crippen molar-refractivity contribution in [3.63, 3.8) is 0 Å². The third-order valence-corrected chi connectivity index (χ3v) is 3.24. The molecule has 0 amide bonds. The molecule has 1 aromatic rings. The van der Waals surface area contributed by atoms with E-state index < -0.39 is 0 Å². The molecular weight excluding hydrogens is 238 g/mol. The molecule has 0 aliphatic carbocycles. The number of alkyl halides is 1. The lowest BCUT2D eigenvalue weighted by atomic mass is 10.1. The highest BCUT2D eigenvalue weighted by atomic mass is 35.5. The van der Waals surface area contributed by atoms with Crippen LogP contribution in [0.5, 0.6) is 11.5 Å². The van der Waals surface area contributed by atoms with Gasteiger partial charge in [-0.2, -0.15) is 0 Å². The van der Waals surface area contributed by atoms with Crippen LogP contribution in [0.2, 0.25) is 0 Å². The molecule has 4 heteroatoms. The molecule has 96 valence electrons. The second-order valence-corrected chi connectivity index (χ2v) is 4.27. The van der Waals surface area contributed by atoms with Crippen LogP contribution in [0.4, 0.5) is 0 Å². The predicted octanol–water partition coefficient (Wildman–Crippen LogP) is 2.68. The van der Waals surface area contributed by atoms with Gasteiger partial charge in [0, 0.05) is 12.1 Å². The summed E-state index contributed by atoms with van der Waals surface area (Å²) in [6, 6.07) is 4.57. The molecule has 0 aliphatic rings. The lowest BCUT2D eigenvalue weighted by Gasteiger charge is -2.17. The minimum atomic E-state index is 0.539. The van der Waals surface area contributed by atoms with E-state index in [9.17, 15) is 0 Å². The van der Waals surface area contributed by atoms with Crippen molar-refractivity contribution in [3.05, 3.63) is 23.3 Å². The third kappa shape index (κ3) is 3.51. The van der Waals surface area contributed by atoms with Gasteiger partial charge in [-0.1, -0.05) is 6.07 Å². The van der Waals surface area contributed by atoms with Crippen molar-refractivity contribution < 1.29 is 9.47 Å². The molecule has 0 unspecified atom stereocenters. The van der Waals surface area contributed by atoms with Crippen molar-refractivity contribution in [2.75, 3.05) is 33.8 Å². The number of nitrogens with zero attached hydrogens (tertiary/aromatic N) is 1. The van der Waals surface area contributed by atoms with Crippen molar-refractivity contribution in [1.29, 1.82) is 0 Å². The number of ether oxygens (including phenoxy) is 2. The molecule has 17 heavy (non-hydrogen) atoms. The van der Waals surface area contributed by atoms with Crippen molar-refractivity contribution in [1.82, 2.24) is 4.90 Å². The molecule has 1 aromatic carbocycles. The predicted molar refractivity (Wildman–Crippen MR) is 71.3 cm³/mol. The summed E-state index contributed by atoms with van der Waals surface area (Å²) in [6.07, 6.45) is 0.914. The van der Waals surface area contributed by atoms with Crippen molar-refractivity contribution in [2.24, 2.45) is 0 Å². The van der Waals surface area contributed by atoms with Crippen LogP contribution in [0.3, 0.4) is 0 Å². The second-order valence-electron chi connectivity index (χ2n) is 4.03. The topological polar surface area (TPSA) is 21.7 Å². The van der Waals surface area contributed by atoms with Gasteiger partial charge in [0.15, 0.2) is 0 Å². The van der Waals surface area contributed by atoms with Gasteiger partial charge in [0.1, 0.15) is 11.5 Å². The van der Waals surface area contributed by atoms with E-state index in [-0.39, 0.29) is 0 Å². The van der Waals surface area contributed by atoms with Crippen LogP contribution in [-0.2, 0) is 6.42 Å². The molecule has 0 saturated carbocycles. The zero-order valence-electron chi connectivity index (χ0n) is 10.9. The van der Waals surface area contributed by atoms with E-state index in [1.54, 1.807) is 14.2 Å². The fourth-order valence-electron chi connectivity index (χ4n) is 1.80. The average molecular weight is 258 g/mol. The molecule has 0 atom stereocenters. The lowest BCUT2D eigenvalue weighted by Crippen LogP contribution is -2.19. The average Bonchev–Trinajstić information content (AvgIpc) is 2.35. The van der Waals surface area contributed by atoms with Crippen LogP contribution in [-0.4, -0.2) is 38.7 Å². The molecule has 0 spiro atoms. The number of likely N-dealkylation sites (N-methyl/N-ethyl adjacent to an activating group) is 1. The van der Waals surface area contributed by atoms with E-state index in [1.165, 1.54) is 5.56 Å². The Morgan fingerprint density at radius 1 is 1.24 bits per heavy atom. The number of hydrogen-bond acceptors (Lipinski definition) is 3. The summed E-state index contributed by atoms with van der Waals surface area (Å²) in [5.74, 6) is 1.77. The Balaban J connectivity index is 2.88. The summed E-state index contributed by atoms with van der Waals surface area (Å²) in [5, 5.41) is 0. The molecular formula is C13H20ClNO2. The van der Waals surface area contributed by atoms with Crippen LogP contribution < -0.4 is 9.47 Å². The quantitative estimate of drug-likeness (QED) is 0.578. The smallest absolute Gasteiger partial charge is 0.128 e. The number of rotatable bonds is 6. The minimum absolute atomic E-state index is 0.539. The molecule has 0 N–H and O–H groups in total. The van der Waals surface area contributed by atoms with Gasteiger partial charge in [-0.3, -0.25) is 4.90 Å². The summed E-state index contributed by atoms with van der Waals surface area (Å²) in [6.45, 7) is 2.91. The molecule has 3 nitrogen and oxygen atoms in total. The Labute approximate surface area is 108 Å². The first-order valence-electron chi connectivity index (χ1n) is 5.59. The molecule has 0 radical (unpaired) electrons. The molecule has 0 fully saturated rings. The molecule has 0 aromatic heterocycles. The number of halogens is 1. The van der Waals surface area contributed by atoms with E-state index in [0.29, 0.717) is 6.00 Å². The zero-order valence-corrected chi connectivity index (χ0v) is 11.7. The molecule has 1 rings (SSSR count). The van der Waals surface area contributed by atoms with Gasteiger partial charge in [0.2, 0.25) is 0 Å². The summed E-state index contributed by atoms with van der Waals surface area (Å²) < 4.78 is 10.7. The second kappa shape index (κ2) is 6.72. The highest BCUT2D eigenvalue weighted by molar-refractivity contribution is 6.17. The Kier molecular flexibility index (Phi) is 5.59. The number of benzene rings is 1.